The highest BCUT2D eigenvalue weighted by Crippen LogP contribution is 2.03. The molecule has 0 spiro atoms. The summed E-state index contributed by atoms with van der Waals surface area (Å²) < 4.78 is 0. The maximum Gasteiger partial charge on any atom is 0.317 e. The van der Waals surface area contributed by atoms with E-state index < -0.39 is 5.97 Å². The summed E-state index contributed by atoms with van der Waals surface area (Å²) in [7, 11) is 0. The summed E-state index contributed by atoms with van der Waals surface area (Å²) >= 11 is 0. The van der Waals surface area contributed by atoms with Gasteiger partial charge in [-0.2, -0.15) is 0 Å². The number of carboxylic acid groups (broad SMARTS) is 1. The average molecular weight is 288 g/mol. The van der Waals surface area contributed by atoms with Gasteiger partial charge in [-0.05, 0) is 33.1 Å². The molecule has 2 amide bonds. The zero-order valence-corrected chi connectivity index (χ0v) is 12.6. The van der Waals surface area contributed by atoms with Crippen molar-refractivity contribution in [2.75, 3.05) is 19.7 Å². The van der Waals surface area contributed by atoms with Crippen LogP contribution in [0.5, 0.6) is 0 Å². The fourth-order valence-electron chi connectivity index (χ4n) is 1.89. The van der Waals surface area contributed by atoms with Crippen molar-refractivity contribution in [3.8, 4) is 0 Å². The van der Waals surface area contributed by atoms with Gasteiger partial charge in [-0.25, -0.2) is 4.79 Å². The number of nitrogens with zero attached hydrogens (tertiary/aromatic N) is 1. The lowest BCUT2D eigenvalue weighted by atomic mass is 10.1. The highest BCUT2D eigenvalue weighted by atomic mass is 16.4. The summed E-state index contributed by atoms with van der Waals surface area (Å²) in [6.45, 7) is 5.14. The van der Waals surface area contributed by atoms with Crippen LogP contribution in [0.3, 0.4) is 0 Å². The van der Waals surface area contributed by atoms with E-state index in [4.69, 9.17) is 10.2 Å². The van der Waals surface area contributed by atoms with Crippen molar-refractivity contribution in [3.05, 3.63) is 0 Å². The number of carbonyl (C=O) groups excluding carboxylic acids is 1. The molecule has 0 aromatic heterocycles. The standard InChI is InChI=1S/C14H28N2O4/c1-12(2)16(10-7-11-17)14(20)15-9-6-4-3-5-8-13(18)19/h12,17H,3-11H2,1-2H3,(H,15,20)(H,18,19). The molecule has 118 valence electrons. The quantitative estimate of drug-likeness (QED) is 0.506. The molecule has 0 fully saturated rings. The van der Waals surface area contributed by atoms with Crippen molar-refractivity contribution in [2.24, 2.45) is 0 Å². The summed E-state index contributed by atoms with van der Waals surface area (Å²) in [6.07, 6.45) is 4.15. The number of hydrogen-bond donors (Lipinski definition) is 3. The van der Waals surface area contributed by atoms with Gasteiger partial charge in [0.2, 0.25) is 0 Å². The van der Waals surface area contributed by atoms with Crippen LogP contribution in [0.1, 0.15) is 52.4 Å². The molecule has 0 saturated carbocycles. The Morgan fingerprint density at radius 3 is 2.30 bits per heavy atom. The predicted octanol–water partition coefficient (Wildman–Crippen LogP) is 1.82. The minimum atomic E-state index is -0.755. The number of nitrogens with one attached hydrogen (secondary N) is 1. The topological polar surface area (TPSA) is 89.9 Å². The van der Waals surface area contributed by atoms with Gasteiger partial charge in [0.15, 0.2) is 0 Å². The molecule has 0 unspecified atom stereocenters. The molecule has 0 saturated heterocycles. The summed E-state index contributed by atoms with van der Waals surface area (Å²) in [4.78, 5) is 24.0. The minimum absolute atomic E-state index is 0.0834. The molecule has 0 heterocycles. The van der Waals surface area contributed by atoms with Crippen LogP contribution in [-0.2, 0) is 4.79 Å². The van der Waals surface area contributed by atoms with Gasteiger partial charge in [-0.15, -0.1) is 0 Å². The number of aliphatic carboxylic acids is 1. The second kappa shape index (κ2) is 11.5. The van der Waals surface area contributed by atoms with Crippen molar-refractivity contribution >= 4 is 12.0 Å². The van der Waals surface area contributed by atoms with Crippen LogP contribution in [0.4, 0.5) is 4.79 Å². The fourth-order valence-corrected chi connectivity index (χ4v) is 1.89. The molecule has 0 rings (SSSR count). The number of urea groups is 1. The van der Waals surface area contributed by atoms with Crippen LogP contribution in [0.15, 0.2) is 0 Å². The first-order valence-electron chi connectivity index (χ1n) is 7.36. The summed E-state index contributed by atoms with van der Waals surface area (Å²) in [5, 5.41) is 20.2. The molecule has 0 radical (unpaired) electrons. The van der Waals surface area contributed by atoms with E-state index in [2.05, 4.69) is 5.32 Å². The maximum absolute atomic E-state index is 11.9. The van der Waals surface area contributed by atoms with E-state index in [-0.39, 0.29) is 25.1 Å². The van der Waals surface area contributed by atoms with Gasteiger partial charge in [-0.1, -0.05) is 12.8 Å². The number of carboxylic acids is 1. The predicted molar refractivity (Wildman–Crippen MR) is 77.7 cm³/mol. The highest BCUT2D eigenvalue weighted by Gasteiger charge is 2.15. The molecule has 0 aromatic rings. The lowest BCUT2D eigenvalue weighted by Gasteiger charge is -2.26. The number of hydrogen-bond acceptors (Lipinski definition) is 3. The van der Waals surface area contributed by atoms with Gasteiger partial charge < -0.3 is 20.4 Å². The van der Waals surface area contributed by atoms with Gasteiger partial charge >= 0.3 is 12.0 Å². The molecule has 3 N–H and O–H groups in total. The first-order chi connectivity index (χ1) is 9.49. The minimum Gasteiger partial charge on any atom is -0.481 e. The normalized spacial score (nSPS) is 10.6. The van der Waals surface area contributed by atoms with Crippen LogP contribution >= 0.6 is 0 Å². The van der Waals surface area contributed by atoms with Crippen molar-refractivity contribution in [3.63, 3.8) is 0 Å². The molecule has 0 atom stereocenters. The smallest absolute Gasteiger partial charge is 0.317 e. The molecular formula is C14H28N2O4. The third kappa shape index (κ3) is 9.61. The number of aliphatic hydroxyl groups excluding tert-OH is 1. The van der Waals surface area contributed by atoms with Crippen LogP contribution in [0.25, 0.3) is 0 Å². The van der Waals surface area contributed by atoms with Gasteiger partial charge in [-0.3, -0.25) is 4.79 Å². The zero-order valence-electron chi connectivity index (χ0n) is 12.6. The summed E-state index contributed by atoms with van der Waals surface area (Å²) in [5.74, 6) is -0.755. The van der Waals surface area contributed by atoms with Crippen molar-refractivity contribution in [1.82, 2.24) is 10.2 Å². The summed E-state index contributed by atoms with van der Waals surface area (Å²) in [5.41, 5.74) is 0. The third-order valence-electron chi connectivity index (χ3n) is 3.03. The Balaban J connectivity index is 3.71. The number of aliphatic hydroxyl groups is 1. The van der Waals surface area contributed by atoms with Crippen molar-refractivity contribution in [1.29, 1.82) is 0 Å². The van der Waals surface area contributed by atoms with E-state index >= 15 is 0 Å². The van der Waals surface area contributed by atoms with E-state index in [9.17, 15) is 9.59 Å². The molecule has 6 heteroatoms. The number of amides is 2. The van der Waals surface area contributed by atoms with E-state index in [1.807, 2.05) is 13.8 Å². The second-order valence-corrected chi connectivity index (χ2v) is 5.15. The van der Waals surface area contributed by atoms with E-state index in [1.54, 1.807) is 4.90 Å². The Morgan fingerprint density at radius 2 is 1.75 bits per heavy atom. The fraction of sp³-hybridized carbons (Fsp3) is 0.857. The van der Waals surface area contributed by atoms with Crippen molar-refractivity contribution < 1.29 is 19.8 Å². The van der Waals surface area contributed by atoms with Crippen LogP contribution in [0, 0.1) is 0 Å². The van der Waals surface area contributed by atoms with Gasteiger partial charge in [0.1, 0.15) is 0 Å². The number of unbranched alkanes of at least 4 members (excludes halogenated alkanes) is 3. The lowest BCUT2D eigenvalue weighted by molar-refractivity contribution is -0.137. The van der Waals surface area contributed by atoms with Crippen LogP contribution in [0.2, 0.25) is 0 Å². The first-order valence-corrected chi connectivity index (χ1v) is 7.36. The number of rotatable bonds is 11. The molecule has 20 heavy (non-hydrogen) atoms. The second-order valence-electron chi connectivity index (χ2n) is 5.15. The Bertz CT molecular complexity index is 282. The third-order valence-corrected chi connectivity index (χ3v) is 3.03. The largest absolute Gasteiger partial charge is 0.481 e. The SMILES string of the molecule is CC(C)N(CCCO)C(=O)NCCCCCCC(=O)O. The monoisotopic (exact) mass is 288 g/mol. The van der Waals surface area contributed by atoms with E-state index in [1.165, 1.54) is 0 Å². The van der Waals surface area contributed by atoms with Crippen LogP contribution < -0.4 is 5.32 Å². The van der Waals surface area contributed by atoms with Gasteiger partial charge in [0.05, 0.1) is 0 Å². The molecule has 6 nitrogen and oxygen atoms in total. The highest BCUT2D eigenvalue weighted by molar-refractivity contribution is 5.74. The maximum atomic E-state index is 11.9. The van der Waals surface area contributed by atoms with Gasteiger partial charge in [0, 0.05) is 32.2 Å². The molecular weight excluding hydrogens is 260 g/mol. The zero-order chi connectivity index (χ0) is 15.4. The molecule has 0 aliphatic carbocycles. The molecule has 0 aliphatic rings. The Morgan fingerprint density at radius 1 is 1.10 bits per heavy atom. The molecule has 0 bridgehead atoms. The van der Waals surface area contributed by atoms with Crippen molar-refractivity contribution in [2.45, 2.75) is 58.4 Å². The lowest BCUT2D eigenvalue weighted by Crippen LogP contribution is -2.44. The Kier molecular flexibility index (Phi) is 10.8. The number of carbonyl (C=O) groups is 2. The average Bonchev–Trinajstić information content (AvgIpc) is 2.37. The van der Waals surface area contributed by atoms with Gasteiger partial charge in [0.25, 0.3) is 0 Å². The summed E-state index contributed by atoms with van der Waals surface area (Å²) in [6, 6.07) is 0.0103. The molecule has 0 aliphatic heterocycles. The Hall–Kier alpha value is -1.30. The van der Waals surface area contributed by atoms with E-state index in [0.717, 1.165) is 19.3 Å². The van der Waals surface area contributed by atoms with Crippen LogP contribution in [-0.4, -0.2) is 52.9 Å². The first kappa shape index (κ1) is 18.7. The Labute approximate surface area is 121 Å². The molecule has 0 aromatic carbocycles. The van der Waals surface area contributed by atoms with E-state index in [0.29, 0.717) is 25.9 Å².